The first-order valence-corrected chi connectivity index (χ1v) is 16.5. The van der Waals surface area contributed by atoms with Gasteiger partial charge in [0.1, 0.15) is 11.8 Å². The van der Waals surface area contributed by atoms with Crippen LogP contribution in [0.5, 0.6) is 5.75 Å². The zero-order valence-electron chi connectivity index (χ0n) is 25.4. The zero-order chi connectivity index (χ0) is 31.7. The number of hydrogen-bond donors (Lipinski definition) is 0. The highest BCUT2D eigenvalue weighted by atomic mass is 32.2. The van der Waals surface area contributed by atoms with Gasteiger partial charge in [-0.3, -0.25) is 14.3 Å². The number of rotatable bonds is 7. The lowest BCUT2D eigenvalue weighted by Crippen LogP contribution is -2.56. The Hall–Kier alpha value is -4.44. The average molecular weight is 629 g/mol. The van der Waals surface area contributed by atoms with Crippen molar-refractivity contribution >= 4 is 27.0 Å². The minimum absolute atomic E-state index is 0.0810. The van der Waals surface area contributed by atoms with Crippen molar-refractivity contribution in [2.24, 2.45) is 0 Å². The number of likely N-dealkylation sites (N-methyl/N-ethyl adjacent to an activating group) is 1. The van der Waals surface area contributed by atoms with Crippen molar-refractivity contribution < 1.29 is 17.9 Å². The number of carbonyl (C=O) groups is 1. The van der Waals surface area contributed by atoms with E-state index >= 15 is 0 Å². The van der Waals surface area contributed by atoms with Crippen LogP contribution in [0, 0.1) is 11.3 Å². The number of nitrogens with zero attached hydrogens (tertiary/aromatic N) is 6. The van der Waals surface area contributed by atoms with Crippen molar-refractivity contribution in [1.29, 1.82) is 5.26 Å². The smallest absolute Gasteiger partial charge is 0.344 e. The second kappa shape index (κ2) is 12.5. The van der Waals surface area contributed by atoms with Gasteiger partial charge in [-0.15, -0.1) is 0 Å². The maximum absolute atomic E-state index is 14.6. The molecule has 11 nitrogen and oxygen atoms in total. The topological polar surface area (TPSA) is 121 Å². The maximum Gasteiger partial charge on any atom is 0.344 e. The van der Waals surface area contributed by atoms with Crippen molar-refractivity contribution in [1.82, 2.24) is 23.2 Å². The Morgan fingerprint density at radius 1 is 0.956 bits per heavy atom. The lowest BCUT2D eigenvalue weighted by atomic mass is 9.99. The van der Waals surface area contributed by atoms with Crippen molar-refractivity contribution in [2.75, 3.05) is 53.4 Å². The number of likely N-dealkylation sites (tertiary alicyclic amines) is 1. The third kappa shape index (κ3) is 5.75. The molecule has 0 bridgehead atoms. The molecule has 0 saturated carbocycles. The molecule has 4 aromatic rings. The molecule has 234 valence electrons. The summed E-state index contributed by atoms with van der Waals surface area (Å²) < 4.78 is 35.3. The second-order valence-electron chi connectivity index (χ2n) is 11.6. The first-order chi connectivity index (χ1) is 21.7. The molecule has 1 amide bonds. The molecular formula is C33H36N6O5S. The molecule has 0 aliphatic carbocycles. The monoisotopic (exact) mass is 628 g/mol. The Labute approximate surface area is 262 Å². The summed E-state index contributed by atoms with van der Waals surface area (Å²) in [7, 11) is -0.817. The van der Waals surface area contributed by atoms with Crippen molar-refractivity contribution in [3.63, 3.8) is 0 Å². The van der Waals surface area contributed by atoms with Gasteiger partial charge in [-0.1, -0.05) is 30.3 Å². The third-order valence-electron chi connectivity index (χ3n) is 8.93. The fourth-order valence-corrected chi connectivity index (χ4v) is 7.84. The molecule has 2 atom stereocenters. The van der Waals surface area contributed by atoms with E-state index in [0.717, 1.165) is 43.0 Å². The standard InChI is InChI=1S/C33H36N6O5S/c1-35-17-19-36(20-18-35)26-9-6-16-37(23-26)32(40)31(25-7-4-3-5-8-25)38-30-21-24(22-34)10-15-29(30)39(33(38)41)45(42,43)28-13-11-27(44-2)12-14-28/h3-5,7-8,10-15,21,26,31H,6,9,16-20,23H2,1-2H3/t26-,31?/m1/s1. The van der Waals surface area contributed by atoms with Gasteiger partial charge in [-0.05, 0) is 67.9 Å². The number of hydrogen-bond acceptors (Lipinski definition) is 8. The highest BCUT2D eigenvalue weighted by molar-refractivity contribution is 7.90. The summed E-state index contributed by atoms with van der Waals surface area (Å²) >= 11 is 0. The molecule has 2 fully saturated rings. The van der Waals surface area contributed by atoms with Crippen LogP contribution in [0.1, 0.15) is 30.0 Å². The van der Waals surface area contributed by atoms with Gasteiger partial charge < -0.3 is 14.5 Å². The number of nitriles is 1. The quantitative estimate of drug-likeness (QED) is 0.307. The van der Waals surface area contributed by atoms with Crippen molar-refractivity contribution in [2.45, 2.75) is 29.8 Å². The molecule has 2 aliphatic rings. The van der Waals surface area contributed by atoms with Gasteiger partial charge in [0.05, 0.1) is 34.7 Å². The molecule has 1 unspecified atom stereocenters. The molecule has 2 saturated heterocycles. The summed E-state index contributed by atoms with van der Waals surface area (Å²) in [6.07, 6.45) is 1.81. The largest absolute Gasteiger partial charge is 0.497 e. The van der Waals surface area contributed by atoms with Crippen LogP contribution in [0.15, 0.2) is 82.5 Å². The third-order valence-corrected chi connectivity index (χ3v) is 10.6. The van der Waals surface area contributed by atoms with Gasteiger partial charge in [0.2, 0.25) is 0 Å². The number of imidazole rings is 1. The summed E-state index contributed by atoms with van der Waals surface area (Å²) in [5.74, 6) is 0.180. The van der Waals surface area contributed by atoms with Crippen LogP contribution in [-0.4, -0.2) is 97.0 Å². The number of aromatic nitrogens is 2. The number of piperazine rings is 1. The Balaban J connectivity index is 1.49. The molecule has 0 spiro atoms. The molecule has 3 aromatic carbocycles. The van der Waals surface area contributed by atoms with E-state index in [-0.39, 0.29) is 33.4 Å². The minimum atomic E-state index is -4.40. The number of fused-ring (bicyclic) bond motifs is 1. The van der Waals surface area contributed by atoms with E-state index in [9.17, 15) is 23.3 Å². The van der Waals surface area contributed by atoms with Gasteiger partial charge >= 0.3 is 5.69 Å². The summed E-state index contributed by atoms with van der Waals surface area (Å²) in [5, 5.41) is 9.73. The van der Waals surface area contributed by atoms with Gasteiger partial charge in [0.25, 0.3) is 15.9 Å². The normalized spacial score (nSPS) is 18.9. The van der Waals surface area contributed by atoms with Gasteiger partial charge in [0.15, 0.2) is 0 Å². The maximum atomic E-state index is 14.6. The lowest BCUT2D eigenvalue weighted by Gasteiger charge is -2.43. The van der Waals surface area contributed by atoms with E-state index in [2.05, 4.69) is 22.9 Å². The van der Waals surface area contributed by atoms with E-state index in [1.54, 1.807) is 24.3 Å². The first kappa shape index (κ1) is 30.6. The highest BCUT2D eigenvalue weighted by Gasteiger charge is 2.37. The SMILES string of the molecule is COc1ccc(S(=O)(=O)n2c(=O)n(C(C(=O)N3CCC[C@@H](N4CCN(C)CC4)C3)c3ccccc3)c3cc(C#N)ccc32)cc1. The predicted molar refractivity (Wildman–Crippen MR) is 170 cm³/mol. The molecular weight excluding hydrogens is 592 g/mol. The summed E-state index contributed by atoms with van der Waals surface area (Å²) in [6, 6.07) is 20.2. The Morgan fingerprint density at radius 2 is 1.67 bits per heavy atom. The molecule has 0 N–H and O–H groups in total. The number of ether oxygens (including phenoxy) is 1. The van der Waals surface area contributed by atoms with Crippen LogP contribution in [0.3, 0.4) is 0 Å². The number of carbonyl (C=O) groups excluding carboxylic acids is 1. The fraction of sp³-hybridized carbons (Fsp3) is 0.364. The minimum Gasteiger partial charge on any atom is -0.497 e. The molecule has 6 rings (SSSR count). The van der Waals surface area contributed by atoms with Crippen LogP contribution in [0.4, 0.5) is 0 Å². The predicted octanol–water partition coefficient (Wildman–Crippen LogP) is 2.75. The van der Waals surface area contributed by atoms with Gasteiger partial charge in [-0.25, -0.2) is 13.2 Å². The number of piperidine rings is 1. The Morgan fingerprint density at radius 3 is 2.33 bits per heavy atom. The van der Waals surface area contributed by atoms with Crippen molar-refractivity contribution in [3.05, 3.63) is 94.4 Å². The first-order valence-electron chi connectivity index (χ1n) is 15.1. The molecule has 1 aromatic heterocycles. The van der Waals surface area contributed by atoms with E-state index in [1.165, 1.54) is 54.1 Å². The number of benzene rings is 3. The number of methoxy groups -OCH3 is 1. The van der Waals surface area contributed by atoms with E-state index in [0.29, 0.717) is 24.4 Å². The molecule has 45 heavy (non-hydrogen) atoms. The molecule has 2 aliphatic heterocycles. The van der Waals surface area contributed by atoms with Crippen LogP contribution >= 0.6 is 0 Å². The average Bonchev–Trinajstić information content (AvgIpc) is 3.37. The van der Waals surface area contributed by atoms with Crippen LogP contribution in [0.25, 0.3) is 11.0 Å². The molecule has 12 heteroatoms. The van der Waals surface area contributed by atoms with Gasteiger partial charge in [0, 0.05) is 45.3 Å². The van der Waals surface area contributed by atoms with Crippen molar-refractivity contribution in [3.8, 4) is 11.8 Å². The summed E-state index contributed by atoms with van der Waals surface area (Å²) in [6.45, 7) is 4.85. The Kier molecular flexibility index (Phi) is 8.50. The van der Waals surface area contributed by atoms with E-state index < -0.39 is 21.8 Å². The van der Waals surface area contributed by atoms with E-state index in [1.807, 2.05) is 11.0 Å². The van der Waals surface area contributed by atoms with Crippen LogP contribution in [-0.2, 0) is 14.8 Å². The van der Waals surface area contributed by atoms with Crippen LogP contribution < -0.4 is 10.4 Å². The second-order valence-corrected chi connectivity index (χ2v) is 13.4. The van der Waals surface area contributed by atoms with E-state index in [4.69, 9.17) is 4.74 Å². The lowest BCUT2D eigenvalue weighted by molar-refractivity contribution is -0.136. The Bertz CT molecular complexity index is 1910. The fourth-order valence-electron chi connectivity index (χ4n) is 6.45. The number of amides is 1. The summed E-state index contributed by atoms with van der Waals surface area (Å²) in [5.41, 5.74) is 0.173. The highest BCUT2D eigenvalue weighted by Crippen LogP contribution is 2.30. The molecule has 3 heterocycles. The molecule has 0 radical (unpaired) electrons. The van der Waals surface area contributed by atoms with Gasteiger partial charge in [-0.2, -0.15) is 9.23 Å². The summed E-state index contributed by atoms with van der Waals surface area (Å²) in [4.78, 5) is 35.5. The van der Waals surface area contributed by atoms with Crippen LogP contribution in [0.2, 0.25) is 0 Å². The zero-order valence-corrected chi connectivity index (χ0v) is 26.2.